The molecule has 0 N–H and O–H groups in total. The van der Waals surface area contributed by atoms with Gasteiger partial charge >= 0.3 is 11.9 Å². The fourth-order valence-electron chi connectivity index (χ4n) is 6.85. The standard InChI is InChI=1S/C42H36Cl4O7/c43-28-17-15-26(16-18-28)25-11-13-27(14-12-25)39-40(49)31-7-5-6-8-32(31)41(50)42(39)53-38(48)10-4-2-1-3-9-37(47)52-36-24-30(45)20-22-35(36)51-34-21-19-29(44)23-33(34)46/h5-8,15-25,27H,1-4,9-14H2. The van der Waals surface area contributed by atoms with Crippen molar-refractivity contribution in [1.82, 2.24) is 0 Å². The number of benzene rings is 4. The molecule has 0 spiro atoms. The van der Waals surface area contributed by atoms with E-state index in [1.807, 2.05) is 24.3 Å². The highest BCUT2D eigenvalue weighted by molar-refractivity contribution is 6.35. The minimum Gasteiger partial charge on any atom is -0.452 e. The third-order valence-electron chi connectivity index (χ3n) is 9.56. The maximum absolute atomic E-state index is 13.8. The van der Waals surface area contributed by atoms with E-state index in [1.54, 1.807) is 54.6 Å². The van der Waals surface area contributed by atoms with E-state index >= 15 is 0 Å². The quantitative estimate of drug-likeness (QED) is 0.0755. The van der Waals surface area contributed by atoms with Crippen molar-refractivity contribution < 1.29 is 33.4 Å². The Hall–Kier alpha value is -4.14. The fraction of sp³-hybridized carbons (Fsp3) is 0.286. The molecule has 0 amide bonds. The van der Waals surface area contributed by atoms with Gasteiger partial charge in [-0.2, -0.15) is 0 Å². The molecule has 1 fully saturated rings. The van der Waals surface area contributed by atoms with Gasteiger partial charge < -0.3 is 14.2 Å². The summed E-state index contributed by atoms with van der Waals surface area (Å²) in [6, 6.07) is 24.0. The van der Waals surface area contributed by atoms with Gasteiger partial charge in [0.25, 0.3) is 0 Å². The number of hydrogen-bond acceptors (Lipinski definition) is 7. The van der Waals surface area contributed by atoms with Gasteiger partial charge in [0.2, 0.25) is 5.78 Å². The second-order valence-corrected chi connectivity index (χ2v) is 14.9. The Balaban J connectivity index is 1.01. The monoisotopic (exact) mass is 792 g/mol. The van der Waals surface area contributed by atoms with Crippen LogP contribution in [0.3, 0.4) is 0 Å². The molecule has 0 aromatic heterocycles. The Kier molecular flexibility index (Phi) is 12.9. The number of rotatable bonds is 13. The molecule has 11 heteroatoms. The van der Waals surface area contributed by atoms with Gasteiger partial charge in [0, 0.05) is 45.1 Å². The van der Waals surface area contributed by atoms with Crippen molar-refractivity contribution in [3.63, 3.8) is 0 Å². The molecule has 0 bridgehead atoms. The number of Topliss-reactive ketones (excluding diaryl/α,β-unsaturated/α-hetero) is 2. The van der Waals surface area contributed by atoms with Gasteiger partial charge in [-0.3, -0.25) is 19.2 Å². The lowest BCUT2D eigenvalue weighted by molar-refractivity contribution is -0.139. The summed E-state index contributed by atoms with van der Waals surface area (Å²) in [7, 11) is 0. The lowest BCUT2D eigenvalue weighted by Gasteiger charge is -2.32. The Morgan fingerprint density at radius 3 is 1.75 bits per heavy atom. The molecule has 274 valence electrons. The van der Waals surface area contributed by atoms with E-state index in [0.717, 1.165) is 12.8 Å². The van der Waals surface area contributed by atoms with E-state index in [1.165, 1.54) is 11.6 Å². The van der Waals surface area contributed by atoms with Crippen LogP contribution >= 0.6 is 46.4 Å². The molecular weight excluding hydrogens is 758 g/mol. The minimum absolute atomic E-state index is 0.0596. The van der Waals surface area contributed by atoms with Crippen LogP contribution in [0.1, 0.15) is 96.4 Å². The lowest BCUT2D eigenvalue weighted by atomic mass is 9.72. The van der Waals surface area contributed by atoms with Crippen molar-refractivity contribution in [2.24, 2.45) is 5.92 Å². The van der Waals surface area contributed by atoms with E-state index < -0.39 is 17.7 Å². The van der Waals surface area contributed by atoms with Crippen LogP contribution in [-0.4, -0.2) is 23.5 Å². The van der Waals surface area contributed by atoms with Gasteiger partial charge in [-0.25, -0.2) is 0 Å². The Bertz CT molecular complexity index is 2050. The highest BCUT2D eigenvalue weighted by Gasteiger charge is 2.39. The second-order valence-electron chi connectivity index (χ2n) is 13.2. The number of esters is 2. The minimum atomic E-state index is -0.568. The first kappa shape index (κ1) is 38.6. The van der Waals surface area contributed by atoms with E-state index in [2.05, 4.69) is 0 Å². The molecule has 1 saturated carbocycles. The van der Waals surface area contributed by atoms with Crippen LogP contribution in [0.5, 0.6) is 17.2 Å². The molecular formula is C42H36Cl4O7. The molecule has 7 nitrogen and oxygen atoms in total. The molecule has 0 aliphatic heterocycles. The summed E-state index contributed by atoms with van der Waals surface area (Å²) in [5.41, 5.74) is 2.09. The van der Waals surface area contributed by atoms with E-state index in [9.17, 15) is 19.2 Å². The third kappa shape index (κ3) is 9.70. The summed E-state index contributed by atoms with van der Waals surface area (Å²) >= 11 is 24.4. The molecule has 2 aliphatic carbocycles. The first-order chi connectivity index (χ1) is 25.6. The van der Waals surface area contributed by atoms with Gasteiger partial charge in [0.05, 0.1) is 10.6 Å². The van der Waals surface area contributed by atoms with E-state index in [-0.39, 0.29) is 47.4 Å². The SMILES string of the molecule is O=C(CCCCCCC(=O)Oc1cc(Cl)ccc1Oc1ccc(Cl)cc1Cl)OC1=C(C2CCC(c3ccc(Cl)cc3)CC2)C(=O)c2ccccc2C1=O. The highest BCUT2D eigenvalue weighted by Crippen LogP contribution is 2.43. The summed E-state index contributed by atoms with van der Waals surface area (Å²) in [6.07, 6.45) is 5.53. The molecule has 4 aromatic carbocycles. The zero-order chi connectivity index (χ0) is 37.5. The smallest absolute Gasteiger partial charge is 0.311 e. The van der Waals surface area contributed by atoms with Crippen LogP contribution < -0.4 is 9.47 Å². The molecule has 0 unspecified atom stereocenters. The lowest BCUT2D eigenvalue weighted by Crippen LogP contribution is -2.30. The Morgan fingerprint density at radius 1 is 0.566 bits per heavy atom. The predicted octanol–water partition coefficient (Wildman–Crippen LogP) is 12.2. The first-order valence-corrected chi connectivity index (χ1v) is 19.1. The van der Waals surface area contributed by atoms with Gasteiger partial charge in [-0.15, -0.1) is 0 Å². The van der Waals surface area contributed by atoms with Crippen LogP contribution in [0.2, 0.25) is 20.1 Å². The predicted molar refractivity (Wildman–Crippen MR) is 206 cm³/mol. The highest BCUT2D eigenvalue weighted by atomic mass is 35.5. The zero-order valence-corrected chi connectivity index (χ0v) is 31.7. The van der Waals surface area contributed by atoms with Gasteiger partial charge in [0.15, 0.2) is 23.0 Å². The Labute approximate surface area is 328 Å². The van der Waals surface area contributed by atoms with Crippen molar-refractivity contribution in [1.29, 1.82) is 0 Å². The van der Waals surface area contributed by atoms with Gasteiger partial charge in [-0.05, 0) is 98.4 Å². The molecule has 0 heterocycles. The Morgan fingerprint density at radius 2 is 1.11 bits per heavy atom. The average Bonchev–Trinajstić information content (AvgIpc) is 3.14. The van der Waals surface area contributed by atoms with Crippen molar-refractivity contribution in [2.75, 3.05) is 0 Å². The largest absolute Gasteiger partial charge is 0.452 e. The van der Waals surface area contributed by atoms with Crippen LogP contribution in [0.15, 0.2) is 96.3 Å². The van der Waals surface area contributed by atoms with E-state index in [0.29, 0.717) is 81.4 Å². The van der Waals surface area contributed by atoms with Crippen LogP contribution in [-0.2, 0) is 14.3 Å². The maximum Gasteiger partial charge on any atom is 0.311 e. The molecule has 6 rings (SSSR count). The molecule has 4 aromatic rings. The number of unbranched alkanes of at least 4 members (excludes halogenated alkanes) is 3. The first-order valence-electron chi connectivity index (χ1n) is 17.6. The van der Waals surface area contributed by atoms with Crippen molar-refractivity contribution in [3.8, 4) is 17.2 Å². The molecule has 0 atom stereocenters. The number of hydrogen-bond donors (Lipinski definition) is 0. The summed E-state index contributed by atoms with van der Waals surface area (Å²) in [6.45, 7) is 0. The van der Waals surface area contributed by atoms with Crippen molar-refractivity contribution in [2.45, 2.75) is 70.1 Å². The topological polar surface area (TPSA) is 96.0 Å². The number of ether oxygens (including phenoxy) is 3. The van der Waals surface area contributed by atoms with Crippen LogP contribution in [0.25, 0.3) is 0 Å². The van der Waals surface area contributed by atoms with Gasteiger partial charge in [0.1, 0.15) is 5.75 Å². The molecule has 53 heavy (non-hydrogen) atoms. The fourth-order valence-corrected chi connectivity index (χ4v) is 7.58. The number of carbonyl (C=O) groups excluding carboxylic acids is 4. The number of allylic oxidation sites excluding steroid dienone is 2. The number of halogens is 4. The normalized spacial score (nSPS) is 17.0. The maximum atomic E-state index is 13.8. The summed E-state index contributed by atoms with van der Waals surface area (Å²) < 4.78 is 17.2. The van der Waals surface area contributed by atoms with Crippen molar-refractivity contribution in [3.05, 3.63) is 133 Å². The summed E-state index contributed by atoms with van der Waals surface area (Å²) in [5.74, 6) is -1.00. The molecule has 0 radical (unpaired) electrons. The number of fused-ring (bicyclic) bond motifs is 1. The van der Waals surface area contributed by atoms with E-state index in [4.69, 9.17) is 60.6 Å². The second kappa shape index (κ2) is 17.8. The summed E-state index contributed by atoms with van der Waals surface area (Å²) in [4.78, 5) is 53.3. The van der Waals surface area contributed by atoms with Crippen LogP contribution in [0, 0.1) is 5.92 Å². The van der Waals surface area contributed by atoms with Crippen LogP contribution in [0.4, 0.5) is 0 Å². The molecule has 2 aliphatic rings. The third-order valence-corrected chi connectivity index (χ3v) is 10.6. The number of carbonyl (C=O) groups is 4. The van der Waals surface area contributed by atoms with Crippen molar-refractivity contribution >= 4 is 69.9 Å². The molecule has 0 saturated heterocycles. The number of ketones is 2. The zero-order valence-electron chi connectivity index (χ0n) is 28.7. The summed E-state index contributed by atoms with van der Waals surface area (Å²) in [5, 5.41) is 1.79. The van der Waals surface area contributed by atoms with Gasteiger partial charge in [-0.1, -0.05) is 95.6 Å². The average molecular weight is 795 g/mol.